The zero-order valence-electron chi connectivity index (χ0n) is 21.4. The number of piperazine rings is 1. The van der Waals surface area contributed by atoms with Crippen LogP contribution in [0.4, 0.5) is 5.69 Å². The van der Waals surface area contributed by atoms with Gasteiger partial charge in [-0.2, -0.15) is 0 Å². The summed E-state index contributed by atoms with van der Waals surface area (Å²) in [4.78, 5) is 34.0. The quantitative estimate of drug-likeness (QED) is 0.330. The van der Waals surface area contributed by atoms with E-state index in [4.69, 9.17) is 12.2 Å². The Kier molecular flexibility index (Phi) is 7.79. The molecular formula is C29H32N4O2S2. The topological polar surface area (TPSA) is 48.8 Å². The van der Waals surface area contributed by atoms with Gasteiger partial charge in [-0.3, -0.25) is 14.5 Å². The number of aromatic nitrogens is 1. The number of fused-ring (bicyclic) bond motifs is 1. The summed E-state index contributed by atoms with van der Waals surface area (Å²) in [6, 6.07) is 18.3. The first kappa shape index (κ1) is 25.7. The molecule has 6 nitrogen and oxygen atoms in total. The smallest absolute Gasteiger partial charge is 0.266 e. The number of benzene rings is 2. The van der Waals surface area contributed by atoms with Gasteiger partial charge < -0.3 is 14.4 Å². The number of thiocarbonyl (C=S) groups is 1. The molecule has 0 saturated carbocycles. The van der Waals surface area contributed by atoms with Crippen LogP contribution in [0.5, 0.6) is 0 Å². The fourth-order valence-corrected chi connectivity index (χ4v) is 6.46. The summed E-state index contributed by atoms with van der Waals surface area (Å²) in [5.41, 5.74) is 3.53. The Morgan fingerprint density at radius 1 is 0.973 bits per heavy atom. The van der Waals surface area contributed by atoms with Crippen molar-refractivity contribution in [3.63, 3.8) is 0 Å². The molecule has 0 unspecified atom stereocenters. The van der Waals surface area contributed by atoms with E-state index in [2.05, 4.69) is 34.9 Å². The van der Waals surface area contributed by atoms with Gasteiger partial charge in [0.05, 0.1) is 21.7 Å². The molecule has 5 rings (SSSR count). The predicted molar refractivity (Wildman–Crippen MR) is 158 cm³/mol. The minimum Gasteiger partial charge on any atom is -0.368 e. The van der Waals surface area contributed by atoms with Crippen LogP contribution in [0.15, 0.2) is 64.3 Å². The molecule has 2 aliphatic rings. The lowest BCUT2D eigenvalue weighted by Crippen LogP contribution is -2.47. The number of thioether (sulfide) groups is 1. The van der Waals surface area contributed by atoms with Crippen LogP contribution < -0.4 is 10.5 Å². The Balaban J connectivity index is 1.47. The Hall–Kier alpha value is -2.94. The molecule has 2 saturated heterocycles. The summed E-state index contributed by atoms with van der Waals surface area (Å²) in [5, 5.41) is 1.03. The van der Waals surface area contributed by atoms with E-state index in [-0.39, 0.29) is 11.5 Å². The number of amides is 1. The molecule has 2 fully saturated rings. The maximum atomic E-state index is 13.7. The first-order valence-corrected chi connectivity index (χ1v) is 14.1. The number of rotatable bonds is 7. The van der Waals surface area contributed by atoms with Crippen LogP contribution in [-0.2, 0) is 18.3 Å². The average molecular weight is 533 g/mol. The van der Waals surface area contributed by atoms with Gasteiger partial charge in [-0.05, 0) is 37.1 Å². The molecule has 3 aromatic rings. The van der Waals surface area contributed by atoms with Gasteiger partial charge in [-0.15, -0.1) is 0 Å². The number of aryl methyl sites for hydroxylation is 2. The lowest BCUT2D eigenvalue weighted by Gasteiger charge is -2.37. The molecule has 2 aromatic carbocycles. The molecule has 1 amide bonds. The van der Waals surface area contributed by atoms with Crippen molar-refractivity contribution in [2.75, 3.05) is 44.2 Å². The second-order valence-electron chi connectivity index (χ2n) is 9.49. The molecule has 1 aromatic heterocycles. The van der Waals surface area contributed by atoms with E-state index in [0.29, 0.717) is 21.3 Å². The van der Waals surface area contributed by atoms with Crippen molar-refractivity contribution in [2.24, 2.45) is 7.05 Å². The number of carbonyl (C=O) groups excluding carboxylic acids is 1. The number of carbonyl (C=O) groups is 1. The van der Waals surface area contributed by atoms with E-state index < -0.39 is 0 Å². The standard InChI is InChI=1S/C29H32N4O2S2/c1-3-31-16-18-32(19-17-31)26-22-13-7-8-14-24(22)30(2)27(34)23(26)20-25-28(35)33(29(36)37-25)15-9-12-21-10-5-4-6-11-21/h4-8,10-11,13-14,20H,3,9,12,15-19H2,1-2H3. The van der Waals surface area contributed by atoms with Crippen LogP contribution in [0, 0.1) is 0 Å². The van der Waals surface area contributed by atoms with E-state index in [9.17, 15) is 9.59 Å². The Morgan fingerprint density at radius 2 is 1.68 bits per heavy atom. The van der Waals surface area contributed by atoms with Gasteiger partial charge in [-0.25, -0.2) is 0 Å². The largest absolute Gasteiger partial charge is 0.368 e. The Bertz CT molecular complexity index is 1410. The number of likely N-dealkylation sites (N-methyl/N-ethyl adjacent to an activating group) is 1. The SMILES string of the molecule is CCN1CCN(c2c(C=C3SC(=S)N(CCCc4ccccc4)C3=O)c(=O)n(C)c3ccccc23)CC1. The molecular weight excluding hydrogens is 500 g/mol. The van der Waals surface area contributed by atoms with E-state index in [1.807, 2.05) is 36.4 Å². The summed E-state index contributed by atoms with van der Waals surface area (Å²) < 4.78 is 2.24. The molecule has 0 aliphatic carbocycles. The molecule has 0 bridgehead atoms. The predicted octanol–water partition coefficient (Wildman–Crippen LogP) is 4.51. The van der Waals surface area contributed by atoms with Gasteiger partial charge in [0.25, 0.3) is 11.5 Å². The number of nitrogens with zero attached hydrogens (tertiary/aromatic N) is 4. The maximum Gasteiger partial charge on any atom is 0.266 e. The highest BCUT2D eigenvalue weighted by Crippen LogP contribution is 2.36. The molecule has 8 heteroatoms. The second-order valence-corrected chi connectivity index (χ2v) is 11.2. The molecule has 0 spiro atoms. The van der Waals surface area contributed by atoms with Gasteiger partial charge >= 0.3 is 0 Å². The van der Waals surface area contributed by atoms with E-state index in [0.717, 1.165) is 62.2 Å². The van der Waals surface area contributed by atoms with E-state index in [1.165, 1.54) is 17.3 Å². The zero-order chi connectivity index (χ0) is 25.9. The lowest BCUT2D eigenvalue weighted by atomic mass is 10.1. The minimum atomic E-state index is -0.111. The summed E-state index contributed by atoms with van der Waals surface area (Å²) in [6.07, 6.45) is 3.50. The molecule has 3 heterocycles. The van der Waals surface area contributed by atoms with Crippen molar-refractivity contribution in [3.8, 4) is 0 Å². The number of hydrogen-bond acceptors (Lipinski definition) is 6. The molecule has 37 heavy (non-hydrogen) atoms. The van der Waals surface area contributed by atoms with Gasteiger partial charge in [0, 0.05) is 45.2 Å². The monoisotopic (exact) mass is 532 g/mol. The maximum absolute atomic E-state index is 13.7. The van der Waals surface area contributed by atoms with Gasteiger partial charge in [0.1, 0.15) is 4.32 Å². The third-order valence-electron chi connectivity index (χ3n) is 7.29. The van der Waals surface area contributed by atoms with Crippen molar-refractivity contribution >= 4 is 56.9 Å². The Labute approximate surface area is 227 Å². The number of hydrogen-bond donors (Lipinski definition) is 0. The van der Waals surface area contributed by atoms with Crippen molar-refractivity contribution in [1.29, 1.82) is 0 Å². The van der Waals surface area contributed by atoms with Gasteiger partial charge in [-0.1, -0.05) is 79.4 Å². The Morgan fingerprint density at radius 3 is 2.41 bits per heavy atom. The number of anilines is 1. The van der Waals surface area contributed by atoms with Crippen molar-refractivity contribution in [3.05, 3.63) is 81.0 Å². The normalized spacial score (nSPS) is 17.9. The number of para-hydroxylation sites is 1. The summed E-state index contributed by atoms with van der Waals surface area (Å²) >= 11 is 6.88. The number of pyridine rings is 1. The van der Waals surface area contributed by atoms with Gasteiger partial charge in [0.15, 0.2) is 0 Å². The van der Waals surface area contributed by atoms with Crippen LogP contribution in [0.25, 0.3) is 17.0 Å². The first-order chi connectivity index (χ1) is 18.0. The van der Waals surface area contributed by atoms with Gasteiger partial charge in [0.2, 0.25) is 0 Å². The average Bonchev–Trinajstić information content (AvgIpc) is 3.20. The van der Waals surface area contributed by atoms with Crippen LogP contribution in [0.1, 0.15) is 24.5 Å². The summed E-state index contributed by atoms with van der Waals surface area (Å²) in [6.45, 7) is 7.34. The van der Waals surface area contributed by atoms with Crippen LogP contribution in [0.3, 0.4) is 0 Å². The summed E-state index contributed by atoms with van der Waals surface area (Å²) in [7, 11) is 1.80. The lowest BCUT2D eigenvalue weighted by molar-refractivity contribution is -0.122. The van der Waals surface area contributed by atoms with Crippen LogP contribution in [-0.4, -0.2) is 63.9 Å². The molecule has 2 aliphatic heterocycles. The van der Waals surface area contributed by atoms with E-state index >= 15 is 0 Å². The molecule has 192 valence electrons. The fourth-order valence-electron chi connectivity index (χ4n) is 5.17. The minimum absolute atomic E-state index is 0.0963. The highest BCUT2D eigenvalue weighted by Gasteiger charge is 2.33. The second kappa shape index (κ2) is 11.2. The molecule has 0 atom stereocenters. The molecule has 0 N–H and O–H groups in total. The van der Waals surface area contributed by atoms with Crippen molar-refractivity contribution in [1.82, 2.24) is 14.4 Å². The zero-order valence-corrected chi connectivity index (χ0v) is 23.0. The highest BCUT2D eigenvalue weighted by molar-refractivity contribution is 8.26. The molecule has 0 radical (unpaired) electrons. The van der Waals surface area contributed by atoms with E-state index in [1.54, 1.807) is 22.6 Å². The van der Waals surface area contributed by atoms with Crippen LogP contribution >= 0.6 is 24.0 Å². The summed E-state index contributed by atoms with van der Waals surface area (Å²) in [5.74, 6) is -0.111. The highest BCUT2D eigenvalue weighted by atomic mass is 32.2. The first-order valence-electron chi connectivity index (χ1n) is 12.9. The van der Waals surface area contributed by atoms with Crippen molar-refractivity contribution in [2.45, 2.75) is 19.8 Å². The van der Waals surface area contributed by atoms with Crippen LogP contribution in [0.2, 0.25) is 0 Å². The third kappa shape index (κ3) is 5.23. The fraction of sp³-hybridized carbons (Fsp3) is 0.345. The van der Waals surface area contributed by atoms with Crippen molar-refractivity contribution < 1.29 is 4.79 Å². The third-order valence-corrected chi connectivity index (χ3v) is 8.66.